The Bertz CT molecular complexity index is 299. The Balaban J connectivity index is 0.00000121. The average Bonchev–Trinajstić information content (AvgIpc) is 1.85. The monoisotopic (exact) mass is 248 g/mol. The molecule has 0 aliphatic carbocycles. The molecule has 0 amide bonds. The molecule has 0 aliphatic heterocycles. The van der Waals surface area contributed by atoms with Crippen molar-refractivity contribution in [1.82, 2.24) is 0 Å². The zero-order valence-electron chi connectivity index (χ0n) is 6.60. The number of benzene rings is 1. The predicted molar refractivity (Wildman–Crippen MR) is 57.1 cm³/mol. The molecule has 12 heavy (non-hydrogen) atoms. The fourth-order valence-electron chi connectivity index (χ4n) is 0.839. The molecule has 0 saturated carbocycles. The van der Waals surface area contributed by atoms with E-state index in [4.69, 9.17) is 11.1 Å². The molecule has 1 aromatic carbocycles. The van der Waals surface area contributed by atoms with Crippen LogP contribution < -0.4 is 5.73 Å². The van der Waals surface area contributed by atoms with Gasteiger partial charge in [0.2, 0.25) is 0 Å². The summed E-state index contributed by atoms with van der Waals surface area (Å²) in [6, 6.07) is 5.71. The topological polar surface area (TPSA) is 49.9 Å². The van der Waals surface area contributed by atoms with Crippen LogP contribution in [-0.4, -0.2) is 5.84 Å². The summed E-state index contributed by atoms with van der Waals surface area (Å²) in [5, 5.41) is 7.19. The smallest absolute Gasteiger partial charge is 0.123 e. The van der Waals surface area contributed by atoms with Crippen molar-refractivity contribution in [3.8, 4) is 0 Å². The van der Waals surface area contributed by atoms with E-state index in [9.17, 15) is 0 Å². The maximum atomic E-state index is 7.19. The number of nitrogens with two attached hydrogens (primary N) is 1. The summed E-state index contributed by atoms with van der Waals surface area (Å²) in [5.74, 6) is 0.0943. The molecule has 1 aromatic rings. The molecule has 3 N–H and O–H groups in total. The Labute approximate surface area is 86.2 Å². The molecule has 66 valence electrons. The Morgan fingerprint density at radius 1 is 1.50 bits per heavy atom. The lowest BCUT2D eigenvalue weighted by molar-refractivity contribution is 1.38. The first-order chi connectivity index (χ1) is 5.11. The van der Waals surface area contributed by atoms with Crippen LogP contribution in [0.25, 0.3) is 0 Å². The number of hydrogen-bond donors (Lipinski definition) is 2. The largest absolute Gasteiger partial charge is 0.384 e. The van der Waals surface area contributed by atoms with E-state index in [1.807, 2.05) is 25.1 Å². The normalized spacial score (nSPS) is 8.83. The van der Waals surface area contributed by atoms with Crippen LogP contribution >= 0.6 is 28.3 Å². The first kappa shape index (κ1) is 11.5. The number of hydrogen-bond acceptors (Lipinski definition) is 1. The fraction of sp³-hybridized carbons (Fsp3) is 0.125. The zero-order valence-corrected chi connectivity index (χ0v) is 9.00. The molecule has 0 aromatic heterocycles. The summed E-state index contributed by atoms with van der Waals surface area (Å²) in [7, 11) is 0. The van der Waals surface area contributed by atoms with Gasteiger partial charge < -0.3 is 5.73 Å². The second-order valence-corrected chi connectivity index (χ2v) is 3.25. The quantitative estimate of drug-likeness (QED) is 0.583. The van der Waals surface area contributed by atoms with E-state index in [1.165, 1.54) is 0 Å². The summed E-state index contributed by atoms with van der Waals surface area (Å²) in [6.45, 7) is 1.99. The van der Waals surface area contributed by atoms with Gasteiger partial charge in [0.1, 0.15) is 5.84 Å². The number of halogens is 2. The van der Waals surface area contributed by atoms with Crippen LogP contribution in [0.3, 0.4) is 0 Å². The summed E-state index contributed by atoms with van der Waals surface area (Å²) < 4.78 is 0.880. The van der Waals surface area contributed by atoms with Crippen LogP contribution in [0.1, 0.15) is 11.1 Å². The van der Waals surface area contributed by atoms with Gasteiger partial charge in [0.05, 0.1) is 0 Å². The number of rotatable bonds is 1. The van der Waals surface area contributed by atoms with Crippen LogP contribution in [0.4, 0.5) is 0 Å². The molecule has 0 heterocycles. The lowest BCUT2D eigenvalue weighted by atomic mass is 10.1. The van der Waals surface area contributed by atoms with Gasteiger partial charge in [-0.15, -0.1) is 12.4 Å². The molecule has 1 rings (SSSR count). The van der Waals surface area contributed by atoms with Gasteiger partial charge in [0.25, 0.3) is 0 Å². The highest BCUT2D eigenvalue weighted by atomic mass is 79.9. The molecule has 0 fully saturated rings. The van der Waals surface area contributed by atoms with E-state index in [1.54, 1.807) is 0 Å². The average molecular weight is 250 g/mol. The molecular formula is C8H10BrClN2. The minimum absolute atomic E-state index is 0. The first-order valence-electron chi connectivity index (χ1n) is 3.22. The predicted octanol–water partition coefficient (Wildman–Crippen LogP) is 2.46. The van der Waals surface area contributed by atoms with Crippen molar-refractivity contribution in [2.24, 2.45) is 5.73 Å². The summed E-state index contributed by atoms with van der Waals surface area (Å²) in [6.07, 6.45) is 0. The van der Waals surface area contributed by atoms with Gasteiger partial charge in [0, 0.05) is 10.0 Å². The Morgan fingerprint density at radius 2 is 2.08 bits per heavy atom. The third-order valence-corrected chi connectivity index (χ3v) is 2.07. The van der Waals surface area contributed by atoms with E-state index in [-0.39, 0.29) is 18.2 Å². The molecule has 2 nitrogen and oxygen atoms in total. The Hall–Kier alpha value is -0.540. The maximum Gasteiger partial charge on any atom is 0.123 e. The highest BCUT2D eigenvalue weighted by Crippen LogP contribution is 2.17. The van der Waals surface area contributed by atoms with Gasteiger partial charge in [-0.25, -0.2) is 0 Å². The molecule has 0 spiro atoms. The molecule has 0 radical (unpaired) electrons. The second kappa shape index (κ2) is 4.48. The second-order valence-electron chi connectivity index (χ2n) is 2.40. The van der Waals surface area contributed by atoms with Crippen LogP contribution in [-0.2, 0) is 0 Å². The number of amidine groups is 1. The van der Waals surface area contributed by atoms with Gasteiger partial charge in [-0.2, -0.15) is 0 Å². The first-order valence-corrected chi connectivity index (χ1v) is 4.01. The van der Waals surface area contributed by atoms with E-state index >= 15 is 0 Å². The van der Waals surface area contributed by atoms with Crippen molar-refractivity contribution < 1.29 is 0 Å². The van der Waals surface area contributed by atoms with Gasteiger partial charge in [-0.3, -0.25) is 5.41 Å². The standard InChI is InChI=1S/C8H9BrN2.ClH/c1-5-2-3-6(8(10)11)7(9)4-5;/h2-4H,1H3,(H3,10,11);1H. The molecular weight excluding hydrogens is 239 g/mol. The molecule has 0 unspecified atom stereocenters. The Kier molecular flexibility index (Phi) is 4.28. The SMILES string of the molecule is Cc1ccc(C(=N)N)c(Br)c1.Cl. The van der Waals surface area contributed by atoms with Gasteiger partial charge in [0.15, 0.2) is 0 Å². The lowest BCUT2D eigenvalue weighted by Gasteiger charge is -2.01. The van der Waals surface area contributed by atoms with E-state index in [2.05, 4.69) is 15.9 Å². The highest BCUT2D eigenvalue weighted by Gasteiger charge is 2.00. The van der Waals surface area contributed by atoms with Crippen LogP contribution in [0.2, 0.25) is 0 Å². The van der Waals surface area contributed by atoms with Crippen molar-refractivity contribution in [3.63, 3.8) is 0 Å². The fourth-order valence-corrected chi connectivity index (χ4v) is 1.55. The van der Waals surface area contributed by atoms with E-state index in [0.29, 0.717) is 0 Å². The summed E-state index contributed by atoms with van der Waals surface area (Å²) in [4.78, 5) is 0. The minimum atomic E-state index is 0. The maximum absolute atomic E-state index is 7.19. The third-order valence-electron chi connectivity index (χ3n) is 1.41. The van der Waals surface area contributed by atoms with Gasteiger partial charge >= 0.3 is 0 Å². The van der Waals surface area contributed by atoms with Crippen LogP contribution in [0, 0.1) is 12.3 Å². The summed E-state index contributed by atoms with van der Waals surface area (Å²) >= 11 is 3.33. The number of nitrogen functional groups attached to an aromatic ring is 1. The van der Waals surface area contributed by atoms with Crippen LogP contribution in [0.15, 0.2) is 22.7 Å². The van der Waals surface area contributed by atoms with Gasteiger partial charge in [-0.05, 0) is 24.6 Å². The van der Waals surface area contributed by atoms with Crippen molar-refractivity contribution in [1.29, 1.82) is 5.41 Å². The molecule has 0 bridgehead atoms. The highest BCUT2D eigenvalue weighted by molar-refractivity contribution is 9.10. The Morgan fingerprint density at radius 3 is 2.50 bits per heavy atom. The number of nitrogens with one attached hydrogen (secondary N) is 1. The molecule has 4 heteroatoms. The number of aryl methyl sites for hydroxylation is 1. The van der Waals surface area contributed by atoms with Crippen molar-refractivity contribution in [2.75, 3.05) is 0 Å². The molecule has 0 atom stereocenters. The van der Waals surface area contributed by atoms with Crippen molar-refractivity contribution in [3.05, 3.63) is 33.8 Å². The van der Waals surface area contributed by atoms with Crippen LogP contribution in [0.5, 0.6) is 0 Å². The van der Waals surface area contributed by atoms with E-state index in [0.717, 1.165) is 15.6 Å². The van der Waals surface area contributed by atoms with Crippen molar-refractivity contribution in [2.45, 2.75) is 6.92 Å². The minimum Gasteiger partial charge on any atom is -0.384 e. The van der Waals surface area contributed by atoms with Gasteiger partial charge in [-0.1, -0.05) is 22.0 Å². The zero-order chi connectivity index (χ0) is 8.43. The third kappa shape index (κ3) is 2.50. The summed E-state index contributed by atoms with van der Waals surface area (Å²) in [5.41, 5.74) is 7.22. The lowest BCUT2D eigenvalue weighted by Crippen LogP contribution is -2.11. The molecule has 0 aliphatic rings. The van der Waals surface area contributed by atoms with E-state index < -0.39 is 0 Å². The van der Waals surface area contributed by atoms with Crippen molar-refractivity contribution >= 4 is 34.2 Å². The molecule has 0 saturated heterocycles.